The van der Waals surface area contributed by atoms with Crippen molar-refractivity contribution in [1.29, 1.82) is 0 Å². The first kappa shape index (κ1) is 20.4. The summed E-state index contributed by atoms with van der Waals surface area (Å²) in [5.74, 6) is -0.822. The molecule has 3 N–H and O–H groups in total. The summed E-state index contributed by atoms with van der Waals surface area (Å²) in [6, 6.07) is -0.938. The van der Waals surface area contributed by atoms with E-state index < -0.39 is 24.1 Å². The van der Waals surface area contributed by atoms with Gasteiger partial charge in [0.25, 0.3) is 5.91 Å². The van der Waals surface area contributed by atoms with Crippen molar-refractivity contribution < 1.29 is 24.6 Å². The molecule has 1 heterocycles. The molecule has 0 aromatic rings. The van der Waals surface area contributed by atoms with Crippen molar-refractivity contribution in [2.45, 2.75) is 76.4 Å². The fourth-order valence-electron chi connectivity index (χ4n) is 3.78. The first-order chi connectivity index (χ1) is 12.5. The molecular formula is C19H30N2O5. The molecule has 7 heteroatoms. The maximum atomic E-state index is 12.0. The van der Waals surface area contributed by atoms with Crippen LogP contribution in [0.4, 0.5) is 4.79 Å². The molecule has 0 aromatic heterocycles. The Balaban J connectivity index is 1.78. The van der Waals surface area contributed by atoms with Gasteiger partial charge in [-0.25, -0.2) is 4.79 Å². The number of amides is 3. The summed E-state index contributed by atoms with van der Waals surface area (Å²) in [7, 11) is 0. The average Bonchev–Trinajstić information content (AvgIpc) is 2.89. The standard InChI is InChI=1S/C19H30N2O5/c22-16(14-8-4-3-5-9-14)12-13-21-15(18(25)20-19(21)26)10-6-1-2-7-11-17(23)24/h1,6,14-16,22H,2-5,7-13H2,(H,23,24)(H,20,25,26). The van der Waals surface area contributed by atoms with Gasteiger partial charge in [-0.2, -0.15) is 0 Å². The normalized spacial score (nSPS) is 22.8. The molecule has 0 radical (unpaired) electrons. The molecule has 2 rings (SSSR count). The number of carbonyl (C=O) groups excluding carboxylic acids is 2. The third kappa shape index (κ3) is 6.12. The van der Waals surface area contributed by atoms with E-state index in [2.05, 4.69) is 5.32 Å². The van der Waals surface area contributed by atoms with Crippen molar-refractivity contribution in [1.82, 2.24) is 10.2 Å². The minimum atomic E-state index is -0.818. The average molecular weight is 366 g/mol. The highest BCUT2D eigenvalue weighted by Gasteiger charge is 2.37. The van der Waals surface area contributed by atoms with Crippen LogP contribution in [-0.2, 0) is 9.59 Å². The summed E-state index contributed by atoms with van der Waals surface area (Å²) < 4.78 is 0. The van der Waals surface area contributed by atoms with Crippen LogP contribution < -0.4 is 5.32 Å². The fourth-order valence-corrected chi connectivity index (χ4v) is 3.78. The van der Waals surface area contributed by atoms with Crippen molar-refractivity contribution in [2.75, 3.05) is 6.54 Å². The lowest BCUT2D eigenvalue weighted by atomic mass is 9.84. The van der Waals surface area contributed by atoms with Crippen LogP contribution in [-0.4, -0.2) is 51.7 Å². The van der Waals surface area contributed by atoms with Gasteiger partial charge in [-0.1, -0.05) is 31.4 Å². The molecule has 26 heavy (non-hydrogen) atoms. The molecule has 0 spiro atoms. The molecule has 7 nitrogen and oxygen atoms in total. The zero-order chi connectivity index (χ0) is 18.9. The number of unbranched alkanes of at least 4 members (excludes halogenated alkanes) is 1. The smallest absolute Gasteiger partial charge is 0.324 e. The quantitative estimate of drug-likeness (QED) is 0.313. The van der Waals surface area contributed by atoms with E-state index in [1.807, 2.05) is 12.2 Å². The number of carboxylic acid groups (broad SMARTS) is 1. The summed E-state index contributed by atoms with van der Waals surface area (Å²) in [4.78, 5) is 36.0. The highest BCUT2D eigenvalue weighted by molar-refractivity contribution is 6.04. The van der Waals surface area contributed by atoms with Gasteiger partial charge < -0.3 is 15.1 Å². The minimum Gasteiger partial charge on any atom is -0.481 e. The number of allylic oxidation sites excluding steroid dienone is 1. The van der Waals surface area contributed by atoms with E-state index in [1.54, 1.807) is 0 Å². The lowest BCUT2D eigenvalue weighted by Gasteiger charge is -2.28. The molecule has 3 amide bonds. The molecule has 146 valence electrons. The van der Waals surface area contributed by atoms with Crippen LogP contribution in [0.2, 0.25) is 0 Å². The molecule has 0 bridgehead atoms. The molecule has 2 unspecified atom stereocenters. The molecule has 1 aliphatic carbocycles. The van der Waals surface area contributed by atoms with Gasteiger partial charge >= 0.3 is 12.0 Å². The summed E-state index contributed by atoms with van der Waals surface area (Å²) in [5, 5.41) is 21.3. The van der Waals surface area contributed by atoms with Gasteiger partial charge in [0.15, 0.2) is 0 Å². The second kappa shape index (κ2) is 10.3. The molecule has 2 atom stereocenters. The first-order valence-electron chi connectivity index (χ1n) is 9.65. The number of aliphatic hydroxyl groups excluding tert-OH is 1. The molecule has 2 fully saturated rings. The molecule has 2 aliphatic rings. The molecule has 1 saturated carbocycles. The Bertz CT molecular complexity index is 528. The van der Waals surface area contributed by atoms with E-state index in [1.165, 1.54) is 11.3 Å². The Morgan fingerprint density at radius 3 is 2.65 bits per heavy atom. The molecular weight excluding hydrogens is 336 g/mol. The number of hydrogen-bond donors (Lipinski definition) is 3. The number of aliphatic hydroxyl groups is 1. The van der Waals surface area contributed by atoms with E-state index in [-0.39, 0.29) is 12.3 Å². The lowest BCUT2D eigenvalue weighted by molar-refractivity contribution is -0.137. The highest BCUT2D eigenvalue weighted by atomic mass is 16.4. The van der Waals surface area contributed by atoms with Crippen LogP contribution in [0, 0.1) is 5.92 Å². The highest BCUT2D eigenvalue weighted by Crippen LogP contribution is 2.28. The van der Waals surface area contributed by atoms with Gasteiger partial charge in [-0.15, -0.1) is 0 Å². The number of hydrogen-bond acceptors (Lipinski definition) is 4. The van der Waals surface area contributed by atoms with E-state index in [4.69, 9.17) is 5.11 Å². The van der Waals surface area contributed by atoms with Crippen LogP contribution in [0.1, 0.15) is 64.2 Å². The monoisotopic (exact) mass is 366 g/mol. The third-order valence-corrected chi connectivity index (χ3v) is 5.32. The Labute approximate surface area is 154 Å². The number of nitrogens with zero attached hydrogens (tertiary/aromatic N) is 1. The van der Waals surface area contributed by atoms with Crippen LogP contribution in [0.3, 0.4) is 0 Å². The Morgan fingerprint density at radius 2 is 1.96 bits per heavy atom. The lowest BCUT2D eigenvalue weighted by Crippen LogP contribution is -2.38. The van der Waals surface area contributed by atoms with Crippen molar-refractivity contribution in [3.63, 3.8) is 0 Å². The predicted molar refractivity (Wildman–Crippen MR) is 96.5 cm³/mol. The van der Waals surface area contributed by atoms with Gasteiger partial charge in [0.1, 0.15) is 6.04 Å². The molecule has 0 aromatic carbocycles. The van der Waals surface area contributed by atoms with E-state index in [9.17, 15) is 19.5 Å². The fraction of sp³-hybridized carbons (Fsp3) is 0.737. The van der Waals surface area contributed by atoms with E-state index >= 15 is 0 Å². The topological polar surface area (TPSA) is 107 Å². The van der Waals surface area contributed by atoms with E-state index in [0.717, 1.165) is 25.7 Å². The molecule has 1 aliphatic heterocycles. The second-order valence-corrected chi connectivity index (χ2v) is 7.25. The third-order valence-electron chi connectivity index (χ3n) is 5.32. The number of aliphatic carboxylic acids is 1. The van der Waals surface area contributed by atoms with Crippen LogP contribution in [0.15, 0.2) is 12.2 Å². The minimum absolute atomic E-state index is 0.123. The van der Waals surface area contributed by atoms with Gasteiger partial charge in [-0.3, -0.25) is 14.9 Å². The number of urea groups is 1. The van der Waals surface area contributed by atoms with Gasteiger partial charge in [-0.05, 0) is 44.4 Å². The van der Waals surface area contributed by atoms with Crippen molar-refractivity contribution in [3.8, 4) is 0 Å². The number of rotatable bonds is 10. The Morgan fingerprint density at radius 1 is 1.23 bits per heavy atom. The summed E-state index contributed by atoms with van der Waals surface area (Å²) in [5.41, 5.74) is 0. The van der Waals surface area contributed by atoms with Gasteiger partial charge in [0, 0.05) is 13.0 Å². The Hall–Kier alpha value is -1.89. The van der Waals surface area contributed by atoms with Gasteiger partial charge in [0.2, 0.25) is 0 Å². The van der Waals surface area contributed by atoms with E-state index in [0.29, 0.717) is 38.1 Å². The summed E-state index contributed by atoms with van der Waals surface area (Å²) in [6.07, 6.45) is 11.1. The SMILES string of the molecule is O=C(O)CCCC=CCC1C(=O)NC(=O)N1CCC(O)C1CCCCC1. The maximum absolute atomic E-state index is 12.0. The van der Waals surface area contributed by atoms with Crippen LogP contribution in [0.25, 0.3) is 0 Å². The second-order valence-electron chi connectivity index (χ2n) is 7.25. The summed E-state index contributed by atoms with van der Waals surface area (Å²) >= 11 is 0. The Kier molecular flexibility index (Phi) is 8.09. The van der Waals surface area contributed by atoms with Crippen molar-refractivity contribution in [3.05, 3.63) is 12.2 Å². The zero-order valence-corrected chi connectivity index (χ0v) is 15.2. The number of nitrogens with one attached hydrogen (secondary N) is 1. The van der Waals surface area contributed by atoms with Crippen LogP contribution in [0.5, 0.6) is 0 Å². The summed E-state index contributed by atoms with van der Waals surface area (Å²) in [6.45, 7) is 0.368. The number of carboxylic acids is 1. The van der Waals surface area contributed by atoms with Crippen molar-refractivity contribution >= 4 is 17.9 Å². The largest absolute Gasteiger partial charge is 0.481 e. The van der Waals surface area contributed by atoms with Crippen molar-refractivity contribution in [2.24, 2.45) is 5.92 Å². The maximum Gasteiger partial charge on any atom is 0.324 e. The predicted octanol–water partition coefficient (Wildman–Crippen LogP) is 2.44. The number of carbonyl (C=O) groups is 3. The molecule has 1 saturated heterocycles. The van der Waals surface area contributed by atoms with Gasteiger partial charge in [0.05, 0.1) is 6.10 Å². The zero-order valence-electron chi connectivity index (χ0n) is 15.2. The number of imide groups is 1. The van der Waals surface area contributed by atoms with Crippen LogP contribution >= 0.6 is 0 Å². The first-order valence-corrected chi connectivity index (χ1v) is 9.65.